The number of rotatable bonds is 5. The van der Waals surface area contributed by atoms with Crippen molar-refractivity contribution in [3.05, 3.63) is 56.6 Å². The number of anilines is 1. The van der Waals surface area contributed by atoms with Gasteiger partial charge >= 0.3 is 0 Å². The molecule has 0 aliphatic heterocycles. The van der Waals surface area contributed by atoms with Gasteiger partial charge in [-0.25, -0.2) is 0 Å². The highest BCUT2D eigenvalue weighted by atomic mass is 127. The average molecular weight is 430 g/mol. The van der Waals surface area contributed by atoms with E-state index in [-0.39, 0.29) is 5.91 Å². The highest BCUT2D eigenvalue weighted by Crippen LogP contribution is 2.21. The van der Waals surface area contributed by atoms with Crippen molar-refractivity contribution in [3.63, 3.8) is 0 Å². The van der Waals surface area contributed by atoms with Gasteiger partial charge in [0.25, 0.3) is 5.91 Å². The minimum absolute atomic E-state index is 0.160. The van der Waals surface area contributed by atoms with Crippen molar-refractivity contribution in [2.75, 3.05) is 5.32 Å². The maximum Gasteiger partial charge on any atom is 0.265 e. The van der Waals surface area contributed by atoms with E-state index in [9.17, 15) is 4.79 Å². The molecule has 0 spiro atoms. The normalized spacial score (nSPS) is 11.8. The Labute approximate surface area is 149 Å². The van der Waals surface area contributed by atoms with Crippen molar-refractivity contribution in [3.8, 4) is 5.75 Å². The fourth-order valence-corrected chi connectivity index (χ4v) is 2.83. The molecule has 1 atom stereocenters. The van der Waals surface area contributed by atoms with E-state index < -0.39 is 6.10 Å². The van der Waals surface area contributed by atoms with Crippen LogP contribution in [0, 0.1) is 10.5 Å². The van der Waals surface area contributed by atoms with Gasteiger partial charge in [-0.2, -0.15) is 0 Å². The molecule has 2 aromatic rings. The Morgan fingerprint density at radius 1 is 1.32 bits per heavy atom. The number of hydrogen-bond acceptors (Lipinski definition) is 2. The first-order chi connectivity index (χ1) is 10.5. The molecule has 0 saturated heterocycles. The number of benzene rings is 2. The molecule has 22 heavy (non-hydrogen) atoms. The van der Waals surface area contributed by atoms with Crippen LogP contribution in [0.25, 0.3) is 0 Å². The van der Waals surface area contributed by atoms with Crippen LogP contribution in [0.5, 0.6) is 5.75 Å². The van der Waals surface area contributed by atoms with E-state index in [2.05, 4.69) is 27.9 Å². The maximum atomic E-state index is 12.4. The zero-order valence-corrected chi connectivity index (χ0v) is 15.3. The maximum absolute atomic E-state index is 12.4. The molecule has 1 amide bonds. The quantitative estimate of drug-likeness (QED) is 0.676. The van der Waals surface area contributed by atoms with Gasteiger partial charge in [0.15, 0.2) is 6.10 Å². The smallest absolute Gasteiger partial charge is 0.265 e. The standard InChI is InChI=1S/C17H17ClINO2/c1-3-16(22-14-6-4-5-12(18)10-14)17(21)20-15-8-7-13(19)9-11(15)2/h4-10,16H,3H2,1-2H3,(H,20,21)/t16-/m1/s1. The minimum atomic E-state index is -0.558. The number of hydrogen-bond donors (Lipinski definition) is 1. The van der Waals surface area contributed by atoms with Crippen LogP contribution in [0.4, 0.5) is 5.69 Å². The van der Waals surface area contributed by atoms with Crippen LogP contribution in [0.3, 0.4) is 0 Å². The SMILES string of the molecule is CC[C@@H](Oc1cccc(Cl)c1)C(=O)Nc1ccc(I)cc1C. The van der Waals surface area contributed by atoms with Crippen molar-refractivity contribution < 1.29 is 9.53 Å². The first-order valence-electron chi connectivity index (χ1n) is 6.99. The summed E-state index contributed by atoms with van der Waals surface area (Å²) in [4.78, 5) is 12.4. The fourth-order valence-electron chi connectivity index (χ4n) is 2.01. The van der Waals surface area contributed by atoms with Gasteiger partial charge in [-0.1, -0.05) is 24.6 Å². The van der Waals surface area contributed by atoms with Crippen LogP contribution >= 0.6 is 34.2 Å². The number of carbonyl (C=O) groups is 1. The lowest BCUT2D eigenvalue weighted by atomic mass is 10.2. The summed E-state index contributed by atoms with van der Waals surface area (Å²) in [5, 5.41) is 3.51. The summed E-state index contributed by atoms with van der Waals surface area (Å²) >= 11 is 8.18. The van der Waals surface area contributed by atoms with Crippen LogP contribution in [-0.4, -0.2) is 12.0 Å². The van der Waals surface area contributed by atoms with E-state index in [1.54, 1.807) is 24.3 Å². The van der Waals surface area contributed by atoms with Gasteiger partial charge in [0.2, 0.25) is 0 Å². The number of ether oxygens (including phenoxy) is 1. The monoisotopic (exact) mass is 429 g/mol. The van der Waals surface area contributed by atoms with Crippen molar-refractivity contribution in [2.24, 2.45) is 0 Å². The molecule has 0 fully saturated rings. The largest absolute Gasteiger partial charge is 0.481 e. The van der Waals surface area contributed by atoms with E-state index >= 15 is 0 Å². The van der Waals surface area contributed by atoms with E-state index in [4.69, 9.17) is 16.3 Å². The molecule has 116 valence electrons. The number of amides is 1. The molecular formula is C17H17ClINO2. The molecule has 2 aromatic carbocycles. The van der Waals surface area contributed by atoms with E-state index in [0.29, 0.717) is 17.2 Å². The summed E-state index contributed by atoms with van der Waals surface area (Å²) in [6, 6.07) is 12.9. The second-order valence-corrected chi connectivity index (χ2v) is 6.60. The lowest BCUT2D eigenvalue weighted by Gasteiger charge is -2.18. The van der Waals surface area contributed by atoms with E-state index in [0.717, 1.165) is 14.8 Å². The fraction of sp³-hybridized carbons (Fsp3) is 0.235. The summed E-state index contributed by atoms with van der Waals surface area (Å²) < 4.78 is 6.88. The lowest BCUT2D eigenvalue weighted by molar-refractivity contribution is -0.122. The Balaban J connectivity index is 2.08. The Morgan fingerprint density at radius 3 is 2.73 bits per heavy atom. The summed E-state index contributed by atoms with van der Waals surface area (Å²) in [7, 11) is 0. The second kappa shape index (κ2) is 7.83. The third kappa shape index (κ3) is 4.61. The molecule has 0 aliphatic rings. The Morgan fingerprint density at radius 2 is 2.09 bits per heavy atom. The second-order valence-electron chi connectivity index (χ2n) is 4.92. The molecule has 3 nitrogen and oxygen atoms in total. The predicted octanol–water partition coefficient (Wildman–Crippen LogP) is 5.05. The molecule has 0 radical (unpaired) electrons. The van der Waals surface area contributed by atoms with Gasteiger partial charge < -0.3 is 10.1 Å². The molecular weight excluding hydrogens is 413 g/mol. The third-order valence-electron chi connectivity index (χ3n) is 3.18. The van der Waals surface area contributed by atoms with Crippen molar-refractivity contribution in [1.29, 1.82) is 0 Å². The van der Waals surface area contributed by atoms with Crippen LogP contribution in [-0.2, 0) is 4.79 Å². The average Bonchev–Trinajstić information content (AvgIpc) is 2.47. The van der Waals surface area contributed by atoms with Gasteiger partial charge in [-0.05, 0) is 77.9 Å². The van der Waals surface area contributed by atoms with Gasteiger partial charge in [-0.15, -0.1) is 0 Å². The van der Waals surface area contributed by atoms with Crippen LogP contribution < -0.4 is 10.1 Å². The summed E-state index contributed by atoms with van der Waals surface area (Å²) in [6.07, 6.45) is 0.0130. The molecule has 0 saturated carbocycles. The Bertz CT molecular complexity index is 675. The van der Waals surface area contributed by atoms with Gasteiger partial charge in [0.05, 0.1) is 0 Å². The lowest BCUT2D eigenvalue weighted by Crippen LogP contribution is -2.32. The number of halogens is 2. The summed E-state index contributed by atoms with van der Waals surface area (Å²) in [5.41, 5.74) is 1.83. The van der Waals surface area contributed by atoms with Gasteiger partial charge in [0, 0.05) is 14.3 Å². The van der Waals surface area contributed by atoms with Crippen LogP contribution in [0.2, 0.25) is 5.02 Å². The van der Waals surface area contributed by atoms with Crippen molar-refractivity contribution in [1.82, 2.24) is 0 Å². The topological polar surface area (TPSA) is 38.3 Å². The molecule has 0 bridgehead atoms. The number of nitrogens with one attached hydrogen (secondary N) is 1. The number of aryl methyl sites for hydroxylation is 1. The first kappa shape index (κ1) is 17.1. The van der Waals surface area contributed by atoms with Gasteiger partial charge in [-0.3, -0.25) is 4.79 Å². The summed E-state index contributed by atoms with van der Waals surface area (Å²) in [5.74, 6) is 0.431. The third-order valence-corrected chi connectivity index (χ3v) is 4.09. The van der Waals surface area contributed by atoms with Crippen LogP contribution in [0.1, 0.15) is 18.9 Å². The van der Waals surface area contributed by atoms with Crippen LogP contribution in [0.15, 0.2) is 42.5 Å². The van der Waals surface area contributed by atoms with Gasteiger partial charge in [0.1, 0.15) is 5.75 Å². The minimum Gasteiger partial charge on any atom is -0.481 e. The van der Waals surface area contributed by atoms with Crippen molar-refractivity contribution in [2.45, 2.75) is 26.4 Å². The van der Waals surface area contributed by atoms with E-state index in [1.165, 1.54) is 0 Å². The van der Waals surface area contributed by atoms with Crippen molar-refractivity contribution >= 4 is 45.8 Å². The Kier molecular flexibility index (Phi) is 6.08. The highest BCUT2D eigenvalue weighted by molar-refractivity contribution is 14.1. The molecule has 0 heterocycles. The first-order valence-corrected chi connectivity index (χ1v) is 8.44. The Hall–Kier alpha value is -1.27. The zero-order chi connectivity index (χ0) is 16.1. The molecule has 5 heteroatoms. The molecule has 0 unspecified atom stereocenters. The molecule has 0 aromatic heterocycles. The molecule has 1 N–H and O–H groups in total. The molecule has 2 rings (SSSR count). The summed E-state index contributed by atoms with van der Waals surface area (Å²) in [6.45, 7) is 3.88. The molecule has 0 aliphatic carbocycles. The highest BCUT2D eigenvalue weighted by Gasteiger charge is 2.19. The zero-order valence-electron chi connectivity index (χ0n) is 12.4. The number of carbonyl (C=O) groups excluding carboxylic acids is 1. The van der Waals surface area contributed by atoms with E-state index in [1.807, 2.05) is 32.0 Å². The predicted molar refractivity (Wildman–Crippen MR) is 98.7 cm³/mol.